The van der Waals surface area contributed by atoms with Crippen molar-refractivity contribution in [3.05, 3.63) is 0 Å². The van der Waals surface area contributed by atoms with Gasteiger partial charge in [-0.25, -0.2) is 0 Å². The molecule has 2 unspecified atom stereocenters. The van der Waals surface area contributed by atoms with Crippen LogP contribution in [0.25, 0.3) is 0 Å². The van der Waals surface area contributed by atoms with E-state index in [0.29, 0.717) is 17.6 Å². The van der Waals surface area contributed by atoms with Crippen LogP contribution in [0, 0.1) is 22.7 Å². The smallest absolute Gasteiger partial charge is 0.144 e. The van der Waals surface area contributed by atoms with Gasteiger partial charge in [-0.15, -0.1) is 0 Å². The zero-order valence-corrected chi connectivity index (χ0v) is 12.5. The highest BCUT2D eigenvalue weighted by atomic mass is 16.1. The summed E-state index contributed by atoms with van der Waals surface area (Å²) in [5.74, 6) is 1.32. The molecule has 0 aliphatic heterocycles. The van der Waals surface area contributed by atoms with Crippen LogP contribution in [0.4, 0.5) is 0 Å². The lowest BCUT2D eigenvalue weighted by molar-refractivity contribution is -0.141. The van der Waals surface area contributed by atoms with E-state index in [1.54, 1.807) is 0 Å². The molecule has 0 aromatic carbocycles. The summed E-state index contributed by atoms with van der Waals surface area (Å²) in [5.41, 5.74) is -0.413. The van der Waals surface area contributed by atoms with Crippen LogP contribution in [0.1, 0.15) is 68.2 Å². The van der Waals surface area contributed by atoms with Crippen molar-refractivity contribution in [1.82, 2.24) is 0 Å². The van der Waals surface area contributed by atoms with Crippen LogP contribution < -0.4 is 0 Å². The van der Waals surface area contributed by atoms with Crippen molar-refractivity contribution in [2.24, 2.45) is 22.7 Å². The Bertz CT molecular complexity index is 214. The second-order valence-electron chi connectivity index (χ2n) is 6.39. The monoisotopic (exact) mass is 226 g/mol. The van der Waals surface area contributed by atoms with Crippen LogP contribution in [0.2, 0.25) is 0 Å². The highest BCUT2D eigenvalue weighted by Gasteiger charge is 2.43. The topological polar surface area (TPSA) is 17.1 Å². The molecular weight excluding hydrogens is 196 g/mol. The normalized spacial score (nSPS) is 17.0. The number of ketones is 1. The molecule has 0 aromatic rings. The van der Waals surface area contributed by atoms with Crippen molar-refractivity contribution >= 4 is 5.78 Å². The first-order chi connectivity index (χ1) is 7.12. The molecule has 0 aliphatic carbocycles. The van der Waals surface area contributed by atoms with E-state index in [1.165, 1.54) is 0 Å². The van der Waals surface area contributed by atoms with Gasteiger partial charge < -0.3 is 0 Å². The fourth-order valence-corrected chi connectivity index (χ4v) is 2.30. The SMILES string of the molecule is CCC(C)C(C)(C)C(=O)C(C)(C)C(C)CC. The minimum atomic E-state index is -0.207. The molecule has 96 valence electrons. The van der Waals surface area contributed by atoms with E-state index in [2.05, 4.69) is 55.4 Å². The number of rotatable bonds is 6. The molecule has 0 amide bonds. The fraction of sp³-hybridized carbons (Fsp3) is 0.933. The lowest BCUT2D eigenvalue weighted by Gasteiger charge is -2.40. The molecule has 0 radical (unpaired) electrons. The van der Waals surface area contributed by atoms with Gasteiger partial charge in [-0.1, -0.05) is 68.2 Å². The Morgan fingerprint density at radius 3 is 1.31 bits per heavy atom. The van der Waals surface area contributed by atoms with E-state index < -0.39 is 0 Å². The third-order valence-corrected chi connectivity index (χ3v) is 4.86. The van der Waals surface area contributed by atoms with Crippen molar-refractivity contribution in [1.29, 1.82) is 0 Å². The van der Waals surface area contributed by atoms with Crippen molar-refractivity contribution in [3.8, 4) is 0 Å². The van der Waals surface area contributed by atoms with E-state index >= 15 is 0 Å². The first-order valence-corrected chi connectivity index (χ1v) is 6.67. The van der Waals surface area contributed by atoms with Gasteiger partial charge in [0.05, 0.1) is 0 Å². The van der Waals surface area contributed by atoms with Crippen molar-refractivity contribution in [2.45, 2.75) is 68.2 Å². The predicted molar refractivity (Wildman–Crippen MR) is 71.5 cm³/mol. The summed E-state index contributed by atoms with van der Waals surface area (Å²) in [7, 11) is 0. The molecule has 0 aliphatic rings. The van der Waals surface area contributed by atoms with E-state index in [1.807, 2.05) is 0 Å². The molecule has 0 rings (SSSR count). The largest absolute Gasteiger partial charge is 0.298 e. The quantitative estimate of drug-likeness (QED) is 0.641. The van der Waals surface area contributed by atoms with Crippen LogP contribution in [-0.4, -0.2) is 5.78 Å². The Morgan fingerprint density at radius 1 is 0.875 bits per heavy atom. The summed E-state index contributed by atoms with van der Waals surface area (Å²) < 4.78 is 0. The Labute approximate surface area is 102 Å². The summed E-state index contributed by atoms with van der Waals surface area (Å²) >= 11 is 0. The lowest BCUT2D eigenvalue weighted by Crippen LogP contribution is -2.43. The average molecular weight is 226 g/mol. The second-order valence-corrected chi connectivity index (χ2v) is 6.39. The molecule has 1 heteroatoms. The van der Waals surface area contributed by atoms with Crippen molar-refractivity contribution in [2.75, 3.05) is 0 Å². The Hall–Kier alpha value is -0.330. The lowest BCUT2D eigenvalue weighted by atomic mass is 9.62. The van der Waals surface area contributed by atoms with Gasteiger partial charge in [0.2, 0.25) is 0 Å². The van der Waals surface area contributed by atoms with Crippen LogP contribution in [0.15, 0.2) is 0 Å². The summed E-state index contributed by atoms with van der Waals surface area (Å²) in [6.07, 6.45) is 2.13. The Morgan fingerprint density at radius 2 is 1.12 bits per heavy atom. The Kier molecular flexibility index (Phi) is 5.22. The van der Waals surface area contributed by atoms with Gasteiger partial charge in [0.15, 0.2) is 0 Å². The third-order valence-electron chi connectivity index (χ3n) is 4.86. The van der Waals surface area contributed by atoms with E-state index in [0.717, 1.165) is 12.8 Å². The molecule has 1 nitrogen and oxygen atoms in total. The maximum absolute atomic E-state index is 12.7. The molecule has 0 heterocycles. The molecule has 0 fully saturated rings. The van der Waals surface area contributed by atoms with E-state index in [4.69, 9.17) is 0 Å². The fourth-order valence-electron chi connectivity index (χ4n) is 2.30. The summed E-state index contributed by atoms with van der Waals surface area (Å²) in [6, 6.07) is 0. The second kappa shape index (κ2) is 5.33. The van der Waals surface area contributed by atoms with Gasteiger partial charge in [-0.2, -0.15) is 0 Å². The van der Waals surface area contributed by atoms with E-state index in [9.17, 15) is 4.79 Å². The molecule has 0 bridgehead atoms. The molecule has 0 aromatic heterocycles. The zero-order valence-electron chi connectivity index (χ0n) is 12.5. The van der Waals surface area contributed by atoms with Crippen molar-refractivity contribution < 1.29 is 4.79 Å². The standard InChI is InChI=1S/C15H30O/c1-9-11(3)14(5,6)13(16)15(7,8)12(4)10-2/h11-12H,9-10H2,1-8H3. The van der Waals surface area contributed by atoms with Gasteiger partial charge in [-0.3, -0.25) is 4.79 Å². The van der Waals surface area contributed by atoms with Crippen LogP contribution in [0.5, 0.6) is 0 Å². The maximum Gasteiger partial charge on any atom is 0.144 e. The van der Waals surface area contributed by atoms with Gasteiger partial charge in [0, 0.05) is 10.8 Å². The van der Waals surface area contributed by atoms with Gasteiger partial charge in [0.25, 0.3) is 0 Å². The number of hydrogen-bond acceptors (Lipinski definition) is 1. The minimum Gasteiger partial charge on any atom is -0.298 e. The highest BCUT2D eigenvalue weighted by Crippen LogP contribution is 2.41. The molecule has 0 saturated heterocycles. The van der Waals surface area contributed by atoms with Gasteiger partial charge in [-0.05, 0) is 11.8 Å². The molecule has 0 saturated carbocycles. The number of carbonyl (C=O) groups is 1. The number of carbonyl (C=O) groups excluding carboxylic acids is 1. The predicted octanol–water partition coefficient (Wildman–Crippen LogP) is 4.70. The number of Topliss-reactive ketones (excluding diaryl/α,β-unsaturated/α-hetero) is 1. The summed E-state index contributed by atoms with van der Waals surface area (Å²) in [6.45, 7) is 17.1. The number of hydrogen-bond donors (Lipinski definition) is 0. The van der Waals surface area contributed by atoms with Crippen LogP contribution in [-0.2, 0) is 4.79 Å². The van der Waals surface area contributed by atoms with Gasteiger partial charge >= 0.3 is 0 Å². The van der Waals surface area contributed by atoms with Crippen LogP contribution >= 0.6 is 0 Å². The van der Waals surface area contributed by atoms with E-state index in [-0.39, 0.29) is 10.8 Å². The maximum atomic E-state index is 12.7. The van der Waals surface area contributed by atoms with Crippen molar-refractivity contribution in [3.63, 3.8) is 0 Å². The first kappa shape index (κ1) is 15.7. The molecule has 16 heavy (non-hydrogen) atoms. The molecule has 0 N–H and O–H groups in total. The molecular formula is C15H30O. The average Bonchev–Trinajstić information content (AvgIpc) is 2.25. The Balaban J connectivity index is 5.05. The summed E-state index contributed by atoms with van der Waals surface area (Å²) in [4.78, 5) is 12.7. The summed E-state index contributed by atoms with van der Waals surface area (Å²) in [5, 5.41) is 0. The van der Waals surface area contributed by atoms with Gasteiger partial charge in [0.1, 0.15) is 5.78 Å². The molecule has 0 spiro atoms. The first-order valence-electron chi connectivity index (χ1n) is 6.67. The van der Waals surface area contributed by atoms with Crippen LogP contribution in [0.3, 0.4) is 0 Å². The molecule has 2 atom stereocenters. The highest BCUT2D eigenvalue weighted by molar-refractivity contribution is 5.89. The third kappa shape index (κ3) is 2.87. The minimum absolute atomic E-state index is 0.207. The zero-order chi connectivity index (χ0) is 13.1.